The van der Waals surface area contributed by atoms with Gasteiger partial charge in [0.05, 0.1) is 18.1 Å². The van der Waals surface area contributed by atoms with E-state index in [0.717, 1.165) is 31.2 Å². The monoisotopic (exact) mass is 555 g/mol. The van der Waals surface area contributed by atoms with Gasteiger partial charge in [-0.2, -0.15) is 0 Å². The van der Waals surface area contributed by atoms with Crippen LogP contribution in [0.2, 0.25) is 0 Å². The maximum atomic E-state index is 13.7. The highest BCUT2D eigenvalue weighted by molar-refractivity contribution is 5.91. The average molecular weight is 556 g/mol. The van der Waals surface area contributed by atoms with Crippen LogP contribution in [0.4, 0.5) is 0 Å². The van der Waals surface area contributed by atoms with Gasteiger partial charge in [-0.3, -0.25) is 14.4 Å². The lowest BCUT2D eigenvalue weighted by atomic mass is 9.73. The molecule has 212 valence electrons. The first-order valence-corrected chi connectivity index (χ1v) is 13.8. The molecule has 8 heteroatoms. The highest BCUT2D eigenvalue weighted by Crippen LogP contribution is 2.52. The molecule has 1 fully saturated rings. The highest BCUT2D eigenvalue weighted by Gasteiger charge is 2.48. The number of carbonyl (C=O) groups is 3. The minimum atomic E-state index is -1.07. The number of esters is 1. The molecule has 0 bridgehead atoms. The van der Waals surface area contributed by atoms with Crippen LogP contribution in [-0.2, 0) is 31.0 Å². The minimum Gasteiger partial charge on any atom is -0.466 e. The zero-order valence-corrected chi connectivity index (χ0v) is 24.1. The fourth-order valence-corrected chi connectivity index (χ4v) is 5.95. The molecule has 7 nitrogen and oxygen atoms in total. The number of hydrogen-bond donors (Lipinski definition) is 2. The molecular formula is C31H42ClN3O4. The van der Waals surface area contributed by atoms with Gasteiger partial charge in [-0.1, -0.05) is 54.6 Å². The Morgan fingerprint density at radius 1 is 1.08 bits per heavy atom. The molecule has 2 aromatic carbocycles. The molecule has 1 spiro atoms. The third-order valence-electron chi connectivity index (χ3n) is 8.10. The predicted octanol–water partition coefficient (Wildman–Crippen LogP) is 4.26. The van der Waals surface area contributed by atoms with E-state index < -0.39 is 11.6 Å². The molecule has 2 atom stereocenters. The van der Waals surface area contributed by atoms with Gasteiger partial charge in [0.2, 0.25) is 11.8 Å². The number of rotatable bonds is 9. The topological polar surface area (TPSA) is 102 Å². The predicted molar refractivity (Wildman–Crippen MR) is 155 cm³/mol. The largest absolute Gasteiger partial charge is 0.466 e. The van der Waals surface area contributed by atoms with Crippen molar-refractivity contribution >= 4 is 30.2 Å². The van der Waals surface area contributed by atoms with Gasteiger partial charge in [0, 0.05) is 18.5 Å². The van der Waals surface area contributed by atoms with Crippen molar-refractivity contribution in [1.29, 1.82) is 0 Å². The number of nitrogens with one attached hydrogen (secondary N) is 1. The Balaban J connectivity index is 0.00000420. The summed E-state index contributed by atoms with van der Waals surface area (Å²) >= 11 is 0. The maximum Gasteiger partial charge on any atom is 0.313 e. The van der Waals surface area contributed by atoms with Crippen molar-refractivity contribution < 1.29 is 19.1 Å². The Labute approximate surface area is 238 Å². The lowest BCUT2D eigenvalue weighted by molar-refractivity contribution is -0.145. The summed E-state index contributed by atoms with van der Waals surface area (Å²) in [6, 6.07) is 17.7. The standard InChI is InChI=1S/C31H41N3O4.ClH/c1-4-38-28(36)24-21-31(25-15-9-8-14-23(24)25)17-19-34(20-18-31)27(35)26(33-29(37)30(2,3)32)16-10-13-22-11-6-5-7-12-22;/h5-9,11-12,14-15,24,26H,4,10,13,16-21,32H2,1-3H3,(H,33,37);1H/t24-,26-;/m1./s1. The number of benzene rings is 2. The molecule has 2 aromatic rings. The van der Waals surface area contributed by atoms with Crippen LogP contribution in [0.5, 0.6) is 0 Å². The zero-order valence-electron chi connectivity index (χ0n) is 23.3. The Bertz CT molecular complexity index is 1140. The number of aryl methyl sites for hydroxylation is 1. The van der Waals surface area contributed by atoms with E-state index in [2.05, 4.69) is 23.5 Å². The summed E-state index contributed by atoms with van der Waals surface area (Å²) in [6.07, 6.45) is 4.42. The molecule has 1 aliphatic heterocycles. The molecule has 1 aliphatic carbocycles. The number of ether oxygens (including phenoxy) is 1. The van der Waals surface area contributed by atoms with Crippen LogP contribution in [0.3, 0.4) is 0 Å². The van der Waals surface area contributed by atoms with Crippen LogP contribution in [0.25, 0.3) is 0 Å². The van der Waals surface area contributed by atoms with Crippen molar-refractivity contribution in [2.75, 3.05) is 19.7 Å². The lowest BCUT2D eigenvalue weighted by Gasteiger charge is -2.41. The normalized spacial score (nSPS) is 18.6. The van der Waals surface area contributed by atoms with E-state index in [0.29, 0.717) is 32.5 Å². The van der Waals surface area contributed by atoms with Crippen LogP contribution >= 0.6 is 12.4 Å². The number of carbonyl (C=O) groups excluding carboxylic acids is 3. The van der Waals surface area contributed by atoms with Crippen molar-refractivity contribution in [2.24, 2.45) is 5.73 Å². The average Bonchev–Trinajstić information content (AvgIpc) is 3.22. The number of nitrogens with zero attached hydrogens (tertiary/aromatic N) is 1. The summed E-state index contributed by atoms with van der Waals surface area (Å²) in [7, 11) is 0. The van der Waals surface area contributed by atoms with E-state index in [1.54, 1.807) is 13.8 Å². The number of halogens is 1. The van der Waals surface area contributed by atoms with Crippen LogP contribution in [-0.4, -0.2) is 54.0 Å². The fraction of sp³-hybridized carbons (Fsp3) is 0.516. The van der Waals surface area contributed by atoms with Gasteiger partial charge < -0.3 is 20.7 Å². The first-order chi connectivity index (χ1) is 18.1. The van der Waals surface area contributed by atoms with E-state index in [9.17, 15) is 14.4 Å². The molecular weight excluding hydrogens is 514 g/mol. The Kier molecular flexibility index (Phi) is 10.2. The summed E-state index contributed by atoms with van der Waals surface area (Å²) in [6.45, 7) is 6.66. The van der Waals surface area contributed by atoms with Crippen LogP contribution in [0.1, 0.15) is 75.5 Å². The van der Waals surface area contributed by atoms with Gasteiger partial charge >= 0.3 is 5.97 Å². The van der Waals surface area contributed by atoms with E-state index in [1.807, 2.05) is 48.2 Å². The summed E-state index contributed by atoms with van der Waals surface area (Å²) in [5, 5.41) is 2.94. The van der Waals surface area contributed by atoms with Gasteiger partial charge in [0.15, 0.2) is 0 Å². The number of amides is 2. The molecule has 0 unspecified atom stereocenters. The smallest absolute Gasteiger partial charge is 0.313 e. The molecule has 1 saturated heterocycles. The van der Waals surface area contributed by atoms with E-state index in [1.165, 1.54) is 11.1 Å². The summed E-state index contributed by atoms with van der Waals surface area (Å²) in [5.74, 6) is -0.809. The maximum absolute atomic E-state index is 13.7. The molecule has 2 amide bonds. The first-order valence-electron chi connectivity index (χ1n) is 13.8. The van der Waals surface area contributed by atoms with E-state index in [-0.39, 0.29) is 41.5 Å². The number of fused-ring (bicyclic) bond motifs is 2. The fourth-order valence-electron chi connectivity index (χ4n) is 5.95. The second-order valence-corrected chi connectivity index (χ2v) is 11.3. The van der Waals surface area contributed by atoms with Crippen molar-refractivity contribution in [3.63, 3.8) is 0 Å². The number of likely N-dealkylation sites (tertiary alicyclic amines) is 1. The number of hydrogen-bond acceptors (Lipinski definition) is 5. The molecule has 0 saturated carbocycles. The van der Waals surface area contributed by atoms with Crippen molar-refractivity contribution in [3.05, 3.63) is 71.3 Å². The van der Waals surface area contributed by atoms with Gasteiger partial charge in [-0.25, -0.2) is 0 Å². The molecule has 0 aromatic heterocycles. The van der Waals surface area contributed by atoms with Gasteiger partial charge in [0.25, 0.3) is 0 Å². The van der Waals surface area contributed by atoms with Crippen molar-refractivity contribution in [1.82, 2.24) is 10.2 Å². The van der Waals surface area contributed by atoms with Crippen molar-refractivity contribution in [3.8, 4) is 0 Å². The number of nitrogens with two attached hydrogens (primary N) is 1. The van der Waals surface area contributed by atoms with E-state index >= 15 is 0 Å². The third-order valence-corrected chi connectivity index (χ3v) is 8.10. The second kappa shape index (κ2) is 13.0. The summed E-state index contributed by atoms with van der Waals surface area (Å²) < 4.78 is 5.39. The Hall–Kier alpha value is -2.90. The van der Waals surface area contributed by atoms with Crippen LogP contribution < -0.4 is 11.1 Å². The molecule has 4 rings (SSSR count). The molecule has 3 N–H and O–H groups in total. The second-order valence-electron chi connectivity index (χ2n) is 11.3. The molecule has 2 aliphatic rings. The quantitative estimate of drug-likeness (QED) is 0.450. The van der Waals surface area contributed by atoms with E-state index in [4.69, 9.17) is 10.5 Å². The summed E-state index contributed by atoms with van der Waals surface area (Å²) in [5.41, 5.74) is 8.30. The molecule has 39 heavy (non-hydrogen) atoms. The third kappa shape index (κ3) is 7.00. The SMILES string of the molecule is CCOC(=O)[C@@H]1CC2(CCN(C(=O)[C@@H](CCCc3ccccc3)NC(=O)C(C)(C)N)CC2)c2ccccc21.Cl. The van der Waals surface area contributed by atoms with Gasteiger partial charge in [-0.05, 0) is 76.0 Å². The highest BCUT2D eigenvalue weighted by atomic mass is 35.5. The number of piperidine rings is 1. The van der Waals surface area contributed by atoms with Crippen molar-refractivity contribution in [2.45, 2.75) is 82.2 Å². The van der Waals surface area contributed by atoms with Gasteiger partial charge in [-0.15, -0.1) is 12.4 Å². The molecule has 0 radical (unpaired) electrons. The van der Waals surface area contributed by atoms with Crippen LogP contribution in [0.15, 0.2) is 54.6 Å². The minimum absolute atomic E-state index is 0. The van der Waals surface area contributed by atoms with Gasteiger partial charge in [0.1, 0.15) is 6.04 Å². The first kappa shape index (κ1) is 30.6. The summed E-state index contributed by atoms with van der Waals surface area (Å²) in [4.78, 5) is 41.1. The molecule has 1 heterocycles. The van der Waals surface area contributed by atoms with Crippen LogP contribution in [0, 0.1) is 0 Å². The zero-order chi connectivity index (χ0) is 27.3. The lowest BCUT2D eigenvalue weighted by Crippen LogP contribution is -2.57. The Morgan fingerprint density at radius 3 is 2.36 bits per heavy atom. The Morgan fingerprint density at radius 2 is 1.72 bits per heavy atom.